The summed E-state index contributed by atoms with van der Waals surface area (Å²) in [6.45, 7) is 5.20. The van der Waals surface area contributed by atoms with Crippen LogP contribution in [0.5, 0.6) is 0 Å². The van der Waals surface area contributed by atoms with Crippen molar-refractivity contribution in [3.63, 3.8) is 0 Å². The summed E-state index contributed by atoms with van der Waals surface area (Å²) < 4.78 is 0. The minimum absolute atomic E-state index is 0.185. The first kappa shape index (κ1) is 20.7. The summed E-state index contributed by atoms with van der Waals surface area (Å²) >= 11 is 0. The molecule has 2 atom stereocenters. The number of hydrogen-bond acceptors (Lipinski definition) is 3. The number of amides is 2. The summed E-state index contributed by atoms with van der Waals surface area (Å²) in [4.78, 5) is 14.7. The Hall–Kier alpha value is -1.59. The number of aliphatic hydroxyl groups excluding tert-OH is 1. The predicted molar refractivity (Wildman–Crippen MR) is 107 cm³/mol. The molecule has 0 radical (unpaired) electrons. The molecule has 0 bridgehead atoms. The van der Waals surface area contributed by atoms with E-state index < -0.39 is 0 Å². The van der Waals surface area contributed by atoms with Gasteiger partial charge in [-0.2, -0.15) is 0 Å². The lowest BCUT2D eigenvalue weighted by Crippen LogP contribution is -2.35. The van der Waals surface area contributed by atoms with E-state index in [1.807, 2.05) is 25.1 Å². The van der Waals surface area contributed by atoms with Gasteiger partial charge in [0.2, 0.25) is 0 Å². The van der Waals surface area contributed by atoms with Crippen molar-refractivity contribution in [3.8, 4) is 0 Å². The summed E-state index contributed by atoms with van der Waals surface area (Å²) in [5.41, 5.74) is 2.02. The standard InChI is InChI=1S/C21H35N3O2/c1-16(13-17(2)25)14-22-21(26)23-20-12-8-7-9-18(20)15-24(3)19-10-5-4-6-11-19/h7-9,12,16-17,19,25H,4-6,10-11,13-15H2,1-3H3,(H2,22,23,26). The first-order valence-electron chi connectivity index (χ1n) is 9.96. The minimum Gasteiger partial charge on any atom is -0.393 e. The molecule has 2 unspecified atom stereocenters. The molecule has 3 N–H and O–H groups in total. The maximum Gasteiger partial charge on any atom is 0.319 e. The average molecular weight is 362 g/mol. The summed E-state index contributed by atoms with van der Waals surface area (Å²) in [6, 6.07) is 8.49. The molecule has 146 valence electrons. The quantitative estimate of drug-likeness (QED) is 0.656. The zero-order chi connectivity index (χ0) is 18.9. The molecule has 0 spiro atoms. The second-order valence-corrected chi connectivity index (χ2v) is 7.89. The van der Waals surface area contributed by atoms with E-state index in [9.17, 15) is 9.90 Å². The topological polar surface area (TPSA) is 64.6 Å². The highest BCUT2D eigenvalue weighted by Crippen LogP contribution is 2.24. The van der Waals surface area contributed by atoms with Crippen LogP contribution in [-0.2, 0) is 6.54 Å². The molecule has 2 amide bonds. The van der Waals surface area contributed by atoms with Gasteiger partial charge >= 0.3 is 6.03 Å². The van der Waals surface area contributed by atoms with Crippen LogP contribution in [0.1, 0.15) is 57.9 Å². The number of hydrogen-bond donors (Lipinski definition) is 3. The number of nitrogens with zero attached hydrogens (tertiary/aromatic N) is 1. The highest BCUT2D eigenvalue weighted by atomic mass is 16.3. The van der Waals surface area contributed by atoms with Crippen LogP contribution in [0, 0.1) is 5.92 Å². The fourth-order valence-corrected chi connectivity index (χ4v) is 3.80. The van der Waals surface area contributed by atoms with Crippen molar-refractivity contribution in [1.82, 2.24) is 10.2 Å². The van der Waals surface area contributed by atoms with Gasteiger partial charge in [-0.15, -0.1) is 0 Å². The predicted octanol–water partition coefficient (Wildman–Crippen LogP) is 3.98. The third-order valence-corrected chi connectivity index (χ3v) is 5.24. The van der Waals surface area contributed by atoms with Crippen LogP contribution < -0.4 is 10.6 Å². The van der Waals surface area contributed by atoms with E-state index >= 15 is 0 Å². The third kappa shape index (κ3) is 6.96. The first-order chi connectivity index (χ1) is 12.5. The second kappa shape index (κ2) is 10.5. The van der Waals surface area contributed by atoms with Gasteiger partial charge in [0.25, 0.3) is 0 Å². The maximum absolute atomic E-state index is 12.2. The van der Waals surface area contributed by atoms with Crippen molar-refractivity contribution in [2.45, 2.75) is 71.1 Å². The molecule has 0 aliphatic heterocycles. The Balaban J connectivity index is 1.88. The van der Waals surface area contributed by atoms with E-state index in [1.54, 1.807) is 6.92 Å². The summed E-state index contributed by atoms with van der Waals surface area (Å²) in [7, 11) is 2.19. The lowest BCUT2D eigenvalue weighted by atomic mass is 9.94. The summed E-state index contributed by atoms with van der Waals surface area (Å²) in [6.07, 6.45) is 6.89. The first-order valence-corrected chi connectivity index (χ1v) is 9.96. The van der Waals surface area contributed by atoms with Crippen LogP contribution >= 0.6 is 0 Å². The van der Waals surface area contributed by atoms with E-state index in [1.165, 1.54) is 32.1 Å². The summed E-state index contributed by atoms with van der Waals surface area (Å²) in [5.74, 6) is 0.244. The number of rotatable bonds is 8. The zero-order valence-corrected chi connectivity index (χ0v) is 16.5. The SMILES string of the molecule is CC(O)CC(C)CNC(=O)Nc1ccccc1CN(C)C1CCCCC1. The Labute approximate surface area is 158 Å². The van der Waals surface area contributed by atoms with Crippen molar-refractivity contribution in [2.75, 3.05) is 18.9 Å². The van der Waals surface area contributed by atoms with Gasteiger partial charge in [-0.3, -0.25) is 4.90 Å². The fraction of sp³-hybridized carbons (Fsp3) is 0.667. The minimum atomic E-state index is -0.342. The largest absolute Gasteiger partial charge is 0.393 e. The lowest BCUT2D eigenvalue weighted by molar-refractivity contribution is 0.163. The fourth-order valence-electron chi connectivity index (χ4n) is 3.80. The molecule has 1 aliphatic carbocycles. The number of nitrogens with one attached hydrogen (secondary N) is 2. The number of anilines is 1. The molecule has 5 heteroatoms. The number of carbonyl (C=O) groups is 1. The van der Waals surface area contributed by atoms with Gasteiger partial charge in [-0.25, -0.2) is 4.79 Å². The molecule has 0 heterocycles. The Morgan fingerprint density at radius 3 is 2.62 bits per heavy atom. The summed E-state index contributed by atoms with van der Waals surface area (Å²) in [5, 5.41) is 15.3. The van der Waals surface area contributed by atoms with Crippen molar-refractivity contribution in [2.24, 2.45) is 5.92 Å². The molecule has 1 aliphatic rings. The van der Waals surface area contributed by atoms with Gasteiger partial charge in [0.1, 0.15) is 0 Å². The van der Waals surface area contributed by atoms with E-state index in [4.69, 9.17) is 0 Å². The van der Waals surface area contributed by atoms with Crippen molar-refractivity contribution in [1.29, 1.82) is 0 Å². The lowest BCUT2D eigenvalue weighted by Gasteiger charge is -2.31. The van der Waals surface area contributed by atoms with Crippen LogP contribution in [0.15, 0.2) is 24.3 Å². The van der Waals surface area contributed by atoms with E-state index in [-0.39, 0.29) is 18.1 Å². The zero-order valence-electron chi connectivity index (χ0n) is 16.5. The molecule has 1 fully saturated rings. The normalized spacial score (nSPS) is 17.7. The Morgan fingerprint density at radius 2 is 1.92 bits per heavy atom. The molecule has 2 rings (SSSR count). The van der Waals surface area contributed by atoms with Gasteiger partial charge < -0.3 is 15.7 Å². The van der Waals surface area contributed by atoms with E-state index in [0.29, 0.717) is 19.0 Å². The van der Waals surface area contributed by atoms with E-state index in [2.05, 4.69) is 28.6 Å². The number of urea groups is 1. The maximum atomic E-state index is 12.2. The second-order valence-electron chi connectivity index (χ2n) is 7.89. The molecule has 1 aromatic carbocycles. The van der Waals surface area contributed by atoms with Crippen LogP contribution in [-0.4, -0.2) is 41.8 Å². The number of benzene rings is 1. The van der Waals surface area contributed by atoms with Crippen LogP contribution in [0.2, 0.25) is 0 Å². The molecule has 0 saturated heterocycles. The van der Waals surface area contributed by atoms with Gasteiger partial charge in [0.15, 0.2) is 0 Å². The van der Waals surface area contributed by atoms with Crippen molar-refractivity contribution < 1.29 is 9.90 Å². The third-order valence-electron chi connectivity index (χ3n) is 5.24. The molecular formula is C21H35N3O2. The number of para-hydroxylation sites is 1. The highest BCUT2D eigenvalue weighted by molar-refractivity contribution is 5.90. The van der Waals surface area contributed by atoms with Gasteiger partial charge in [-0.1, -0.05) is 44.4 Å². The van der Waals surface area contributed by atoms with Gasteiger partial charge in [0, 0.05) is 24.8 Å². The molecule has 5 nitrogen and oxygen atoms in total. The van der Waals surface area contributed by atoms with Gasteiger partial charge in [-0.05, 0) is 50.8 Å². The highest BCUT2D eigenvalue weighted by Gasteiger charge is 2.19. The number of aliphatic hydroxyl groups is 1. The molecule has 0 aromatic heterocycles. The molecule has 1 aromatic rings. The average Bonchev–Trinajstić information content (AvgIpc) is 2.62. The molecular weight excluding hydrogens is 326 g/mol. The smallest absolute Gasteiger partial charge is 0.319 e. The Kier molecular flexibility index (Phi) is 8.39. The van der Waals surface area contributed by atoms with Gasteiger partial charge in [0.05, 0.1) is 6.10 Å². The van der Waals surface area contributed by atoms with Crippen LogP contribution in [0.3, 0.4) is 0 Å². The monoisotopic (exact) mass is 361 g/mol. The number of carbonyl (C=O) groups excluding carboxylic acids is 1. The van der Waals surface area contributed by atoms with Crippen molar-refractivity contribution in [3.05, 3.63) is 29.8 Å². The Bertz CT molecular complexity index is 556. The molecule has 1 saturated carbocycles. The van der Waals surface area contributed by atoms with E-state index in [0.717, 1.165) is 17.8 Å². The molecule has 26 heavy (non-hydrogen) atoms. The van der Waals surface area contributed by atoms with Crippen LogP contribution in [0.25, 0.3) is 0 Å². The Morgan fingerprint density at radius 1 is 1.23 bits per heavy atom. The van der Waals surface area contributed by atoms with Crippen LogP contribution in [0.4, 0.5) is 10.5 Å². The van der Waals surface area contributed by atoms with Crippen molar-refractivity contribution >= 4 is 11.7 Å².